The third kappa shape index (κ3) is 3.65. The third-order valence-corrected chi connectivity index (χ3v) is 5.31. The Balaban J connectivity index is 2.01. The molecule has 0 spiro atoms. The van der Waals surface area contributed by atoms with Crippen LogP contribution in [0.5, 0.6) is 0 Å². The van der Waals surface area contributed by atoms with Gasteiger partial charge in [0.1, 0.15) is 0 Å². The Morgan fingerprint density at radius 3 is 2.61 bits per heavy atom. The van der Waals surface area contributed by atoms with Crippen LogP contribution in [0.1, 0.15) is 11.1 Å². The second kappa shape index (κ2) is 8.60. The van der Waals surface area contributed by atoms with E-state index in [2.05, 4.69) is 11.1 Å². The van der Waals surface area contributed by atoms with Gasteiger partial charge in [0.15, 0.2) is 11.2 Å². The summed E-state index contributed by atoms with van der Waals surface area (Å²) in [6.07, 6.45) is 1.49. The van der Waals surface area contributed by atoms with E-state index in [4.69, 9.17) is 16.3 Å². The second-order valence-electron chi connectivity index (χ2n) is 6.83. The zero-order valence-corrected chi connectivity index (χ0v) is 17.4. The van der Waals surface area contributed by atoms with E-state index in [0.717, 1.165) is 10.1 Å². The lowest BCUT2D eigenvalue weighted by atomic mass is 10.1. The zero-order valence-electron chi connectivity index (χ0n) is 16.7. The molecule has 9 heteroatoms. The Bertz CT molecular complexity index is 1430. The van der Waals surface area contributed by atoms with Crippen molar-refractivity contribution >= 4 is 22.8 Å². The molecule has 0 fully saturated rings. The van der Waals surface area contributed by atoms with E-state index >= 15 is 0 Å². The lowest BCUT2D eigenvalue weighted by Gasteiger charge is -2.13. The van der Waals surface area contributed by atoms with E-state index in [-0.39, 0.29) is 30.9 Å². The Kier molecular flexibility index (Phi) is 5.71. The molecule has 0 aliphatic carbocycles. The molecule has 0 bridgehead atoms. The second-order valence-corrected chi connectivity index (χ2v) is 7.24. The van der Waals surface area contributed by atoms with Crippen molar-refractivity contribution in [3.05, 3.63) is 91.8 Å². The minimum absolute atomic E-state index is 0.0779. The third-order valence-electron chi connectivity index (χ3n) is 4.99. The number of benzene rings is 2. The molecule has 4 rings (SSSR count). The number of nitrogens with zero attached hydrogens (tertiary/aromatic N) is 5. The number of para-hydroxylation sites is 1. The Morgan fingerprint density at radius 1 is 1.13 bits per heavy atom. The first kappa shape index (κ1) is 20.6. The molecule has 0 saturated heterocycles. The highest BCUT2D eigenvalue weighted by molar-refractivity contribution is 6.32. The molecule has 0 aliphatic heterocycles. The number of hydrogen-bond acceptors (Lipinski definition) is 5. The van der Waals surface area contributed by atoms with Gasteiger partial charge in [-0.1, -0.05) is 41.9 Å². The van der Waals surface area contributed by atoms with Crippen LogP contribution in [-0.2, 0) is 17.8 Å². The number of imidazole rings is 1. The van der Waals surface area contributed by atoms with Crippen LogP contribution in [0.25, 0.3) is 16.9 Å². The molecule has 8 nitrogen and oxygen atoms in total. The number of nitriles is 1. The summed E-state index contributed by atoms with van der Waals surface area (Å²) in [5.41, 5.74) is 1.08. The van der Waals surface area contributed by atoms with Crippen molar-refractivity contribution in [2.24, 2.45) is 0 Å². The van der Waals surface area contributed by atoms with Crippen LogP contribution in [-0.4, -0.2) is 32.4 Å². The fraction of sp³-hybridized carbons (Fsp3) is 0.182. The van der Waals surface area contributed by atoms with Gasteiger partial charge in [-0.3, -0.25) is 9.36 Å². The monoisotopic (exact) mass is 435 g/mol. The molecule has 0 unspecified atom stereocenters. The molecule has 2 aromatic heterocycles. The lowest BCUT2D eigenvalue weighted by Crippen LogP contribution is -2.41. The normalized spacial score (nSPS) is 11.0. The topological polar surface area (TPSA) is 94.8 Å². The van der Waals surface area contributed by atoms with E-state index in [1.165, 1.54) is 18.0 Å². The van der Waals surface area contributed by atoms with Gasteiger partial charge in [0, 0.05) is 7.11 Å². The number of hydrogen-bond donors (Lipinski definition) is 0. The van der Waals surface area contributed by atoms with Gasteiger partial charge in [-0.2, -0.15) is 5.26 Å². The zero-order chi connectivity index (χ0) is 22.0. The maximum absolute atomic E-state index is 13.3. The minimum Gasteiger partial charge on any atom is -0.383 e. The van der Waals surface area contributed by atoms with Crippen molar-refractivity contribution in [1.82, 2.24) is 18.7 Å². The van der Waals surface area contributed by atoms with Gasteiger partial charge < -0.3 is 9.30 Å². The van der Waals surface area contributed by atoms with Crippen LogP contribution in [0.3, 0.4) is 0 Å². The molecule has 0 saturated carbocycles. The van der Waals surface area contributed by atoms with Gasteiger partial charge in [0.05, 0.1) is 48.4 Å². The van der Waals surface area contributed by atoms with Crippen LogP contribution in [0.2, 0.25) is 5.02 Å². The molecule has 31 heavy (non-hydrogen) atoms. The molecule has 0 radical (unpaired) electrons. The number of ether oxygens (including phenoxy) is 1. The first-order chi connectivity index (χ1) is 15.1. The smallest absolute Gasteiger partial charge is 0.337 e. The predicted octanol–water partition coefficient (Wildman–Crippen LogP) is 2.57. The fourth-order valence-corrected chi connectivity index (χ4v) is 3.70. The van der Waals surface area contributed by atoms with E-state index in [1.807, 2.05) is 12.1 Å². The summed E-state index contributed by atoms with van der Waals surface area (Å²) < 4.78 is 9.17. The summed E-state index contributed by atoms with van der Waals surface area (Å²) >= 11 is 6.36. The number of halogens is 1. The summed E-state index contributed by atoms with van der Waals surface area (Å²) in [5, 5.41) is 9.76. The standard InChI is InChI=1S/C22H18ClN5O3/c1-31-11-10-27-21(29)19-20(28(22(27)30)18-9-5-4-8-17(18)23)25-14-26(19)13-16-7-3-2-6-15(16)12-24/h2-9,14H,10-11,13H2,1H3. The Morgan fingerprint density at radius 2 is 1.87 bits per heavy atom. The molecular weight excluding hydrogens is 418 g/mol. The van der Waals surface area contributed by atoms with Crippen molar-refractivity contribution in [1.29, 1.82) is 5.26 Å². The molecular formula is C22H18ClN5O3. The predicted molar refractivity (Wildman–Crippen MR) is 117 cm³/mol. The fourth-order valence-electron chi connectivity index (χ4n) is 3.48. The van der Waals surface area contributed by atoms with Crippen LogP contribution >= 0.6 is 11.6 Å². The van der Waals surface area contributed by atoms with Gasteiger partial charge >= 0.3 is 5.69 Å². The van der Waals surface area contributed by atoms with Crippen LogP contribution in [0, 0.1) is 11.3 Å². The average Bonchev–Trinajstić information content (AvgIpc) is 3.19. The molecule has 0 amide bonds. The maximum atomic E-state index is 13.3. The first-order valence-electron chi connectivity index (χ1n) is 9.49. The molecule has 0 N–H and O–H groups in total. The maximum Gasteiger partial charge on any atom is 0.337 e. The minimum atomic E-state index is -0.551. The SMILES string of the molecule is COCCn1c(=O)c2c(ncn2Cc2ccccc2C#N)n(-c2ccccc2Cl)c1=O. The molecule has 4 aromatic rings. The van der Waals surface area contributed by atoms with Crippen LogP contribution in [0.4, 0.5) is 0 Å². The number of rotatable bonds is 6. The molecule has 2 aromatic carbocycles. The van der Waals surface area contributed by atoms with Gasteiger partial charge in [-0.25, -0.2) is 14.3 Å². The highest BCUT2D eigenvalue weighted by atomic mass is 35.5. The molecule has 156 valence electrons. The van der Waals surface area contributed by atoms with Crippen molar-refractivity contribution in [3.8, 4) is 11.8 Å². The van der Waals surface area contributed by atoms with Crippen LogP contribution < -0.4 is 11.2 Å². The largest absolute Gasteiger partial charge is 0.383 e. The summed E-state index contributed by atoms with van der Waals surface area (Å²) in [6.45, 7) is 0.517. The van der Waals surface area contributed by atoms with Crippen molar-refractivity contribution in [2.75, 3.05) is 13.7 Å². The van der Waals surface area contributed by atoms with Crippen molar-refractivity contribution in [2.45, 2.75) is 13.1 Å². The van der Waals surface area contributed by atoms with E-state index in [1.54, 1.807) is 41.0 Å². The number of fused-ring (bicyclic) bond motifs is 1. The van der Waals surface area contributed by atoms with Crippen molar-refractivity contribution < 1.29 is 4.74 Å². The van der Waals surface area contributed by atoms with Gasteiger partial charge in [0.25, 0.3) is 5.56 Å². The van der Waals surface area contributed by atoms with E-state index in [0.29, 0.717) is 16.3 Å². The summed E-state index contributed by atoms with van der Waals surface area (Å²) in [5.74, 6) is 0. The van der Waals surface area contributed by atoms with Crippen LogP contribution in [0.15, 0.2) is 64.4 Å². The quantitative estimate of drug-likeness (QED) is 0.464. The first-order valence-corrected chi connectivity index (χ1v) is 9.87. The summed E-state index contributed by atoms with van der Waals surface area (Å²) in [7, 11) is 1.50. The highest BCUT2D eigenvalue weighted by Crippen LogP contribution is 2.22. The molecule has 0 aliphatic rings. The molecule has 2 heterocycles. The Hall–Kier alpha value is -3.67. The summed E-state index contributed by atoms with van der Waals surface area (Å²) in [4.78, 5) is 30.9. The number of methoxy groups -OCH3 is 1. The van der Waals surface area contributed by atoms with Crippen molar-refractivity contribution in [3.63, 3.8) is 0 Å². The number of aromatic nitrogens is 4. The molecule has 0 atom stereocenters. The van der Waals surface area contributed by atoms with Gasteiger partial charge in [-0.15, -0.1) is 0 Å². The average molecular weight is 436 g/mol. The van der Waals surface area contributed by atoms with E-state index in [9.17, 15) is 14.9 Å². The van der Waals surface area contributed by atoms with E-state index < -0.39 is 11.2 Å². The summed E-state index contributed by atoms with van der Waals surface area (Å²) in [6, 6.07) is 16.2. The van der Waals surface area contributed by atoms with Gasteiger partial charge in [-0.05, 0) is 23.8 Å². The lowest BCUT2D eigenvalue weighted by molar-refractivity contribution is 0.184. The highest BCUT2D eigenvalue weighted by Gasteiger charge is 2.20. The Labute approximate surface area is 182 Å². The van der Waals surface area contributed by atoms with Gasteiger partial charge in [0.2, 0.25) is 0 Å².